The van der Waals surface area contributed by atoms with E-state index in [2.05, 4.69) is 49.9 Å². The lowest BCUT2D eigenvalue weighted by molar-refractivity contribution is -0.122. The highest BCUT2D eigenvalue weighted by molar-refractivity contribution is 8.18. The number of hydrogen-bond donors (Lipinski definition) is 0. The Balaban J connectivity index is 1.85. The standard InChI is InChI=1S/C24H29N3O2S/c1-5-16-27-23(28)22(17-18-8-12-20(13-9-18)26(6-2)7-3)30-24(27)25-19-10-14-21(29-4)15-11-19/h8-15,17H,5-7,16H2,1-4H3/b22-17-,25-24?. The summed E-state index contributed by atoms with van der Waals surface area (Å²) < 4.78 is 5.21. The molecule has 0 radical (unpaired) electrons. The number of benzene rings is 2. The third-order valence-electron chi connectivity index (χ3n) is 4.95. The smallest absolute Gasteiger partial charge is 0.266 e. The summed E-state index contributed by atoms with van der Waals surface area (Å²) in [6.07, 6.45) is 2.83. The van der Waals surface area contributed by atoms with E-state index in [0.29, 0.717) is 11.4 Å². The number of hydrogen-bond acceptors (Lipinski definition) is 5. The molecule has 1 heterocycles. The van der Waals surface area contributed by atoms with Gasteiger partial charge in [-0.2, -0.15) is 0 Å². The number of carbonyl (C=O) groups excluding carboxylic acids is 1. The highest BCUT2D eigenvalue weighted by Crippen LogP contribution is 2.34. The maximum absolute atomic E-state index is 13.0. The van der Waals surface area contributed by atoms with Gasteiger partial charge in [-0.3, -0.25) is 9.69 Å². The lowest BCUT2D eigenvalue weighted by atomic mass is 10.1. The van der Waals surface area contributed by atoms with Gasteiger partial charge in [-0.1, -0.05) is 19.1 Å². The molecule has 0 atom stereocenters. The molecule has 0 aromatic heterocycles. The zero-order valence-corrected chi connectivity index (χ0v) is 18.9. The predicted molar refractivity (Wildman–Crippen MR) is 128 cm³/mol. The van der Waals surface area contributed by atoms with Gasteiger partial charge in [0.1, 0.15) is 5.75 Å². The molecule has 0 unspecified atom stereocenters. The Morgan fingerprint density at radius 3 is 2.27 bits per heavy atom. The Labute approximate surface area is 183 Å². The molecular formula is C24H29N3O2S. The number of aliphatic imine (C=N–C) groups is 1. The monoisotopic (exact) mass is 423 g/mol. The SMILES string of the molecule is CCCN1C(=O)/C(=C/c2ccc(N(CC)CC)cc2)SC1=Nc1ccc(OC)cc1. The molecule has 0 bridgehead atoms. The van der Waals surface area contributed by atoms with E-state index in [1.165, 1.54) is 17.4 Å². The summed E-state index contributed by atoms with van der Waals surface area (Å²) in [5.74, 6) is 0.801. The normalized spacial score (nSPS) is 16.5. The zero-order chi connectivity index (χ0) is 21.5. The van der Waals surface area contributed by atoms with Gasteiger partial charge >= 0.3 is 0 Å². The fourth-order valence-electron chi connectivity index (χ4n) is 3.30. The third kappa shape index (κ3) is 5.05. The topological polar surface area (TPSA) is 45.1 Å². The summed E-state index contributed by atoms with van der Waals surface area (Å²) in [5.41, 5.74) is 3.02. The van der Waals surface area contributed by atoms with Crippen LogP contribution in [-0.2, 0) is 4.79 Å². The van der Waals surface area contributed by atoms with E-state index in [1.54, 1.807) is 12.0 Å². The van der Waals surface area contributed by atoms with Crippen molar-refractivity contribution in [1.29, 1.82) is 0 Å². The molecule has 1 aliphatic rings. The Kier molecular flexibility index (Phi) is 7.57. The molecule has 0 N–H and O–H groups in total. The van der Waals surface area contributed by atoms with Gasteiger partial charge in [0, 0.05) is 25.3 Å². The summed E-state index contributed by atoms with van der Waals surface area (Å²) in [6, 6.07) is 15.9. The highest BCUT2D eigenvalue weighted by atomic mass is 32.2. The number of thioether (sulfide) groups is 1. The average Bonchev–Trinajstić information content (AvgIpc) is 3.05. The molecule has 2 aromatic carbocycles. The van der Waals surface area contributed by atoms with Crippen LogP contribution in [0.4, 0.5) is 11.4 Å². The van der Waals surface area contributed by atoms with E-state index in [1.807, 2.05) is 30.3 Å². The van der Waals surface area contributed by atoms with Gasteiger partial charge in [0.25, 0.3) is 5.91 Å². The molecule has 0 aliphatic carbocycles. The number of anilines is 1. The van der Waals surface area contributed by atoms with Crippen LogP contribution in [0.3, 0.4) is 0 Å². The summed E-state index contributed by atoms with van der Waals surface area (Å²) in [5, 5.41) is 0.720. The zero-order valence-electron chi connectivity index (χ0n) is 18.1. The molecule has 158 valence electrons. The van der Waals surface area contributed by atoms with Gasteiger partial charge in [-0.15, -0.1) is 0 Å². The minimum Gasteiger partial charge on any atom is -0.497 e. The number of nitrogens with zero attached hydrogens (tertiary/aromatic N) is 3. The van der Waals surface area contributed by atoms with Crippen LogP contribution in [-0.4, -0.2) is 42.7 Å². The van der Waals surface area contributed by atoms with E-state index < -0.39 is 0 Å². The summed E-state index contributed by atoms with van der Waals surface area (Å²) >= 11 is 1.43. The summed E-state index contributed by atoms with van der Waals surface area (Å²) in [6.45, 7) is 8.97. The molecule has 1 saturated heterocycles. The van der Waals surface area contributed by atoms with Gasteiger partial charge in [-0.05, 0) is 80.1 Å². The largest absolute Gasteiger partial charge is 0.497 e. The third-order valence-corrected chi connectivity index (χ3v) is 5.96. The minimum absolute atomic E-state index is 0.0157. The number of ether oxygens (including phenoxy) is 1. The van der Waals surface area contributed by atoms with Crippen molar-refractivity contribution in [2.75, 3.05) is 31.6 Å². The predicted octanol–water partition coefficient (Wildman–Crippen LogP) is 5.56. The summed E-state index contributed by atoms with van der Waals surface area (Å²) in [7, 11) is 1.64. The van der Waals surface area contributed by atoms with Crippen LogP contribution >= 0.6 is 11.8 Å². The Morgan fingerprint density at radius 1 is 1.03 bits per heavy atom. The van der Waals surface area contributed by atoms with Crippen molar-refractivity contribution in [3.8, 4) is 5.75 Å². The first-order valence-electron chi connectivity index (χ1n) is 10.4. The van der Waals surface area contributed by atoms with Gasteiger partial charge in [0.2, 0.25) is 0 Å². The second-order valence-corrected chi connectivity index (χ2v) is 7.93. The van der Waals surface area contributed by atoms with Crippen LogP contribution in [0.15, 0.2) is 58.4 Å². The van der Waals surface area contributed by atoms with E-state index in [0.717, 1.165) is 41.7 Å². The molecule has 6 heteroatoms. The van der Waals surface area contributed by atoms with Crippen LogP contribution in [0.1, 0.15) is 32.8 Å². The van der Waals surface area contributed by atoms with E-state index in [4.69, 9.17) is 9.73 Å². The lowest BCUT2D eigenvalue weighted by Gasteiger charge is -2.20. The molecule has 0 saturated carbocycles. The molecule has 2 aromatic rings. The van der Waals surface area contributed by atoms with Gasteiger partial charge in [0.15, 0.2) is 5.17 Å². The second-order valence-electron chi connectivity index (χ2n) is 6.92. The Hall–Kier alpha value is -2.73. The maximum atomic E-state index is 13.0. The fourth-order valence-corrected chi connectivity index (χ4v) is 4.33. The van der Waals surface area contributed by atoms with Crippen molar-refractivity contribution >= 4 is 40.3 Å². The molecular weight excluding hydrogens is 394 g/mol. The highest BCUT2D eigenvalue weighted by Gasteiger charge is 2.32. The van der Waals surface area contributed by atoms with Crippen molar-refractivity contribution in [2.24, 2.45) is 4.99 Å². The number of carbonyl (C=O) groups is 1. The van der Waals surface area contributed by atoms with E-state index in [-0.39, 0.29) is 5.91 Å². The van der Waals surface area contributed by atoms with Crippen LogP contribution < -0.4 is 9.64 Å². The van der Waals surface area contributed by atoms with Gasteiger partial charge < -0.3 is 9.64 Å². The van der Waals surface area contributed by atoms with Crippen molar-refractivity contribution in [3.05, 3.63) is 59.0 Å². The van der Waals surface area contributed by atoms with Crippen molar-refractivity contribution < 1.29 is 9.53 Å². The van der Waals surface area contributed by atoms with E-state index >= 15 is 0 Å². The Morgan fingerprint density at radius 2 is 1.70 bits per heavy atom. The number of methoxy groups -OCH3 is 1. The molecule has 30 heavy (non-hydrogen) atoms. The first-order valence-corrected chi connectivity index (χ1v) is 11.2. The first kappa shape index (κ1) is 22.0. The molecule has 1 amide bonds. The molecule has 0 spiro atoms. The maximum Gasteiger partial charge on any atom is 0.266 e. The Bertz CT molecular complexity index is 916. The number of rotatable bonds is 8. The minimum atomic E-state index is 0.0157. The molecule has 1 aliphatic heterocycles. The van der Waals surface area contributed by atoms with Crippen LogP contribution in [0.5, 0.6) is 5.75 Å². The molecule has 5 nitrogen and oxygen atoms in total. The van der Waals surface area contributed by atoms with E-state index in [9.17, 15) is 4.79 Å². The van der Waals surface area contributed by atoms with Gasteiger partial charge in [-0.25, -0.2) is 4.99 Å². The van der Waals surface area contributed by atoms with Gasteiger partial charge in [0.05, 0.1) is 17.7 Å². The van der Waals surface area contributed by atoms with Crippen molar-refractivity contribution in [1.82, 2.24) is 4.90 Å². The van der Waals surface area contributed by atoms with Crippen LogP contribution in [0, 0.1) is 0 Å². The number of amides is 1. The first-order chi connectivity index (χ1) is 14.6. The fraction of sp³-hybridized carbons (Fsp3) is 0.333. The quantitative estimate of drug-likeness (QED) is 0.522. The summed E-state index contributed by atoms with van der Waals surface area (Å²) in [4.78, 5) is 22.5. The van der Waals surface area contributed by atoms with Crippen molar-refractivity contribution in [3.63, 3.8) is 0 Å². The number of amidine groups is 1. The van der Waals surface area contributed by atoms with Crippen molar-refractivity contribution in [2.45, 2.75) is 27.2 Å². The lowest BCUT2D eigenvalue weighted by Crippen LogP contribution is -2.29. The molecule has 1 fully saturated rings. The van der Waals surface area contributed by atoms with Crippen LogP contribution in [0.25, 0.3) is 6.08 Å². The average molecular weight is 424 g/mol. The molecule has 3 rings (SSSR count). The van der Waals surface area contributed by atoms with Crippen LogP contribution in [0.2, 0.25) is 0 Å². The second kappa shape index (κ2) is 10.3.